The lowest BCUT2D eigenvalue weighted by Gasteiger charge is -2.12. The van der Waals surface area contributed by atoms with Crippen molar-refractivity contribution in [2.45, 2.75) is 0 Å². The van der Waals surface area contributed by atoms with Crippen LogP contribution in [0.5, 0.6) is 5.75 Å². The molecule has 0 radical (unpaired) electrons. The Labute approximate surface area is 156 Å². The number of hydrogen-bond acceptors (Lipinski definition) is 3. The zero-order valence-corrected chi connectivity index (χ0v) is 15.0. The third-order valence-electron chi connectivity index (χ3n) is 4.10. The maximum Gasteiger partial charge on any atom is 0.175 e. The molecule has 5 heteroatoms. The van der Waals surface area contributed by atoms with Crippen LogP contribution in [0, 0.1) is 0 Å². The highest BCUT2D eigenvalue weighted by Crippen LogP contribution is 2.23. The van der Waals surface area contributed by atoms with E-state index in [0.29, 0.717) is 5.11 Å². The standard InChI is InChI=1S/C21H17N3OS/c1-25-18-7-4-6-16(12-18)22-21(26)23-17-10-9-15-11-14-5-2-3-8-19(14)24-20(15)13-17/h2-13H,1H3,(H2,22,23,26). The first-order valence-corrected chi connectivity index (χ1v) is 8.64. The third-order valence-corrected chi connectivity index (χ3v) is 4.31. The fourth-order valence-corrected chi connectivity index (χ4v) is 3.08. The normalized spacial score (nSPS) is 10.7. The summed E-state index contributed by atoms with van der Waals surface area (Å²) in [7, 11) is 1.64. The monoisotopic (exact) mass is 359 g/mol. The third kappa shape index (κ3) is 3.43. The van der Waals surface area contributed by atoms with Gasteiger partial charge in [0.25, 0.3) is 0 Å². The first-order chi connectivity index (χ1) is 12.7. The van der Waals surface area contributed by atoms with Crippen LogP contribution in [0.15, 0.2) is 72.8 Å². The van der Waals surface area contributed by atoms with Gasteiger partial charge >= 0.3 is 0 Å². The van der Waals surface area contributed by atoms with Gasteiger partial charge in [0, 0.05) is 28.2 Å². The van der Waals surface area contributed by atoms with Gasteiger partial charge < -0.3 is 15.4 Å². The number of hydrogen-bond donors (Lipinski definition) is 2. The van der Waals surface area contributed by atoms with Crippen molar-refractivity contribution in [1.82, 2.24) is 4.98 Å². The Kier molecular flexibility index (Phi) is 4.37. The number of nitrogens with zero attached hydrogens (tertiary/aromatic N) is 1. The van der Waals surface area contributed by atoms with Gasteiger partial charge in [-0.25, -0.2) is 4.98 Å². The van der Waals surface area contributed by atoms with Crippen LogP contribution >= 0.6 is 12.2 Å². The van der Waals surface area contributed by atoms with Crippen LogP contribution < -0.4 is 15.4 Å². The molecular formula is C21H17N3OS. The van der Waals surface area contributed by atoms with E-state index in [1.165, 1.54) is 0 Å². The fraction of sp³-hybridized carbons (Fsp3) is 0.0476. The number of pyridine rings is 1. The summed E-state index contributed by atoms with van der Waals surface area (Å²) in [5.74, 6) is 0.777. The molecule has 0 aliphatic heterocycles. The van der Waals surface area contributed by atoms with E-state index >= 15 is 0 Å². The lowest BCUT2D eigenvalue weighted by molar-refractivity contribution is 0.415. The van der Waals surface area contributed by atoms with Gasteiger partial charge in [0.05, 0.1) is 18.1 Å². The van der Waals surface area contributed by atoms with Crippen LogP contribution in [0.25, 0.3) is 21.8 Å². The van der Waals surface area contributed by atoms with Crippen LogP contribution in [0.1, 0.15) is 0 Å². The van der Waals surface area contributed by atoms with Gasteiger partial charge in [0.1, 0.15) is 5.75 Å². The van der Waals surface area contributed by atoms with E-state index in [0.717, 1.165) is 38.9 Å². The summed E-state index contributed by atoms with van der Waals surface area (Å²) in [6, 6.07) is 23.9. The van der Waals surface area contributed by atoms with Gasteiger partial charge in [-0.3, -0.25) is 0 Å². The van der Waals surface area contributed by atoms with Crippen molar-refractivity contribution in [3.05, 3.63) is 72.8 Å². The lowest BCUT2D eigenvalue weighted by Crippen LogP contribution is -2.19. The molecule has 0 aliphatic rings. The van der Waals surface area contributed by atoms with E-state index in [1.807, 2.05) is 60.7 Å². The second-order valence-corrected chi connectivity index (χ2v) is 6.31. The Morgan fingerprint density at radius 3 is 2.42 bits per heavy atom. The number of nitrogens with one attached hydrogen (secondary N) is 2. The molecule has 0 bridgehead atoms. The van der Waals surface area contributed by atoms with E-state index < -0.39 is 0 Å². The zero-order chi connectivity index (χ0) is 17.9. The van der Waals surface area contributed by atoms with Crippen molar-refractivity contribution in [3.63, 3.8) is 0 Å². The Morgan fingerprint density at radius 2 is 1.58 bits per heavy atom. The second-order valence-electron chi connectivity index (χ2n) is 5.90. The molecule has 0 unspecified atom stereocenters. The molecule has 26 heavy (non-hydrogen) atoms. The molecule has 0 atom stereocenters. The number of rotatable bonds is 3. The van der Waals surface area contributed by atoms with E-state index in [9.17, 15) is 0 Å². The molecule has 0 fully saturated rings. The topological polar surface area (TPSA) is 46.2 Å². The number of anilines is 2. The molecule has 128 valence electrons. The quantitative estimate of drug-likeness (QED) is 0.389. The number of methoxy groups -OCH3 is 1. The van der Waals surface area contributed by atoms with Crippen molar-refractivity contribution in [1.29, 1.82) is 0 Å². The van der Waals surface area contributed by atoms with Crippen LogP contribution in [0.2, 0.25) is 0 Å². The molecular weight excluding hydrogens is 342 g/mol. The minimum atomic E-state index is 0.512. The Hall–Kier alpha value is -3.18. The van der Waals surface area contributed by atoms with Crippen LogP contribution in [-0.2, 0) is 0 Å². The molecule has 1 heterocycles. The maximum absolute atomic E-state index is 5.41. The highest BCUT2D eigenvalue weighted by molar-refractivity contribution is 7.80. The Balaban J connectivity index is 1.56. The maximum atomic E-state index is 5.41. The molecule has 0 aliphatic carbocycles. The number of ether oxygens (including phenoxy) is 1. The molecule has 0 saturated heterocycles. The number of aromatic nitrogens is 1. The summed E-state index contributed by atoms with van der Waals surface area (Å²) in [6.07, 6.45) is 0. The molecule has 1 aromatic heterocycles. The number of para-hydroxylation sites is 1. The van der Waals surface area contributed by atoms with Gasteiger partial charge in [0.2, 0.25) is 0 Å². The average molecular weight is 359 g/mol. The molecule has 4 aromatic rings. The predicted octanol–water partition coefficient (Wildman–Crippen LogP) is 5.21. The van der Waals surface area contributed by atoms with Gasteiger partial charge in [-0.1, -0.05) is 30.3 Å². The highest BCUT2D eigenvalue weighted by Gasteiger charge is 2.04. The first-order valence-electron chi connectivity index (χ1n) is 8.23. The summed E-state index contributed by atoms with van der Waals surface area (Å²) in [4.78, 5) is 4.73. The smallest absolute Gasteiger partial charge is 0.175 e. The summed E-state index contributed by atoms with van der Waals surface area (Å²) in [5.41, 5.74) is 3.67. The Morgan fingerprint density at radius 1 is 0.808 bits per heavy atom. The molecule has 4 rings (SSSR count). The van der Waals surface area contributed by atoms with Crippen molar-refractivity contribution >= 4 is 50.5 Å². The predicted molar refractivity (Wildman–Crippen MR) is 112 cm³/mol. The molecule has 0 spiro atoms. The zero-order valence-electron chi connectivity index (χ0n) is 14.2. The first kappa shape index (κ1) is 16.3. The van der Waals surface area contributed by atoms with Crippen molar-refractivity contribution in [2.24, 2.45) is 0 Å². The van der Waals surface area contributed by atoms with Crippen LogP contribution in [0.3, 0.4) is 0 Å². The van der Waals surface area contributed by atoms with Gasteiger partial charge in [-0.2, -0.15) is 0 Å². The summed E-state index contributed by atoms with van der Waals surface area (Å²) < 4.78 is 5.23. The molecule has 2 N–H and O–H groups in total. The minimum Gasteiger partial charge on any atom is -0.497 e. The van der Waals surface area contributed by atoms with Gasteiger partial charge in [-0.05, 0) is 48.6 Å². The van der Waals surface area contributed by atoms with Crippen LogP contribution in [0.4, 0.5) is 11.4 Å². The molecule has 3 aromatic carbocycles. The molecule has 0 saturated carbocycles. The molecule has 4 nitrogen and oxygen atoms in total. The Bertz CT molecular complexity index is 1110. The van der Waals surface area contributed by atoms with Crippen molar-refractivity contribution < 1.29 is 4.74 Å². The summed E-state index contributed by atoms with van der Waals surface area (Å²) >= 11 is 5.41. The number of benzene rings is 3. The molecule has 0 amide bonds. The van der Waals surface area contributed by atoms with Crippen molar-refractivity contribution in [2.75, 3.05) is 17.7 Å². The van der Waals surface area contributed by atoms with Crippen molar-refractivity contribution in [3.8, 4) is 5.75 Å². The van der Waals surface area contributed by atoms with E-state index in [4.69, 9.17) is 21.9 Å². The van der Waals surface area contributed by atoms with Crippen LogP contribution in [-0.4, -0.2) is 17.2 Å². The fourth-order valence-electron chi connectivity index (χ4n) is 2.84. The van der Waals surface area contributed by atoms with Gasteiger partial charge in [0.15, 0.2) is 5.11 Å². The minimum absolute atomic E-state index is 0.512. The van der Waals surface area contributed by atoms with Gasteiger partial charge in [-0.15, -0.1) is 0 Å². The number of thiocarbonyl (C=S) groups is 1. The highest BCUT2D eigenvalue weighted by atomic mass is 32.1. The second kappa shape index (κ2) is 6.98. The SMILES string of the molecule is COc1cccc(NC(=S)Nc2ccc3cc4ccccc4nc3c2)c1. The van der Waals surface area contributed by atoms with E-state index in [2.05, 4.69) is 22.8 Å². The van der Waals surface area contributed by atoms with E-state index in [1.54, 1.807) is 7.11 Å². The lowest BCUT2D eigenvalue weighted by atomic mass is 10.1. The number of fused-ring (bicyclic) bond motifs is 2. The summed E-state index contributed by atoms with van der Waals surface area (Å²) in [6.45, 7) is 0. The largest absolute Gasteiger partial charge is 0.497 e. The summed E-state index contributed by atoms with van der Waals surface area (Å²) in [5, 5.41) is 9.12. The average Bonchev–Trinajstić information content (AvgIpc) is 2.66. The van der Waals surface area contributed by atoms with E-state index in [-0.39, 0.29) is 0 Å².